The zero-order chi connectivity index (χ0) is 31.7. The maximum atomic E-state index is 15.5. The van der Waals surface area contributed by atoms with Crippen molar-refractivity contribution in [3.8, 4) is 5.75 Å². The summed E-state index contributed by atoms with van der Waals surface area (Å²) in [7, 11) is 0. The minimum Gasteiger partial charge on any atom is -0.462 e. The summed E-state index contributed by atoms with van der Waals surface area (Å²) in [5.74, 6) is -7.08. The molecule has 2 N–H and O–H groups in total. The summed E-state index contributed by atoms with van der Waals surface area (Å²) in [6, 6.07) is 10.5. The second-order valence-electron chi connectivity index (χ2n) is 10.2. The quantitative estimate of drug-likeness (QED) is 0.160. The van der Waals surface area contributed by atoms with Gasteiger partial charge >= 0.3 is 18.5 Å². The van der Waals surface area contributed by atoms with E-state index in [4.69, 9.17) is 30.3 Å². The van der Waals surface area contributed by atoms with E-state index in [0.717, 1.165) is 12.3 Å². The molecular weight excluding hydrogens is 619 g/mol. The number of nitrogens with zero attached hydrogens (tertiary/aromatic N) is 1. The Labute approximate surface area is 249 Å². The number of carbonyl (C=O) groups excluding carboxylic acids is 3. The van der Waals surface area contributed by atoms with Crippen molar-refractivity contribution in [2.45, 2.75) is 69.6 Å². The summed E-state index contributed by atoms with van der Waals surface area (Å²) in [5, 5.41) is 14.2. The minimum atomic E-state index is -4.69. The lowest BCUT2D eigenvalue weighted by Gasteiger charge is -2.35. The SMILES string of the molecule is CC(C)OC(=O)[C@H](C)NP(=S)(OC[C@@]1(C(F)F)O[C@@H](N2C=CC(=O)CC2=O)[C@H](O)C1(F)F)Oc1cccc2ccccc12. The van der Waals surface area contributed by atoms with E-state index in [1.54, 1.807) is 50.2 Å². The van der Waals surface area contributed by atoms with Crippen LogP contribution in [0.25, 0.3) is 10.8 Å². The van der Waals surface area contributed by atoms with Crippen LogP contribution in [0, 0.1) is 0 Å². The average molecular weight is 649 g/mol. The zero-order valence-corrected chi connectivity index (χ0v) is 24.8. The highest BCUT2D eigenvalue weighted by Gasteiger charge is 2.74. The molecule has 0 bridgehead atoms. The molecule has 2 aliphatic rings. The van der Waals surface area contributed by atoms with Crippen LogP contribution in [0.3, 0.4) is 0 Å². The predicted molar refractivity (Wildman–Crippen MR) is 149 cm³/mol. The van der Waals surface area contributed by atoms with Gasteiger partial charge in [-0.3, -0.25) is 19.3 Å². The minimum absolute atomic E-state index is 0.107. The number of fused-ring (bicyclic) bond motifs is 1. The van der Waals surface area contributed by atoms with Gasteiger partial charge in [-0.2, -0.15) is 8.78 Å². The second kappa shape index (κ2) is 12.6. The third kappa shape index (κ3) is 6.61. The zero-order valence-electron chi connectivity index (χ0n) is 23.1. The van der Waals surface area contributed by atoms with Crippen molar-refractivity contribution in [2.75, 3.05) is 6.61 Å². The number of carbonyl (C=O) groups is 3. The smallest absolute Gasteiger partial charge is 0.323 e. The van der Waals surface area contributed by atoms with E-state index in [9.17, 15) is 28.3 Å². The number of nitrogens with one attached hydrogen (secondary N) is 1. The molecule has 16 heteroatoms. The number of esters is 1. The highest BCUT2D eigenvalue weighted by molar-refractivity contribution is 8.09. The molecule has 2 aromatic carbocycles. The fourth-order valence-electron chi connectivity index (χ4n) is 4.46. The molecule has 0 aromatic heterocycles. The number of allylic oxidation sites excluding steroid dienone is 1. The molecule has 5 atom stereocenters. The van der Waals surface area contributed by atoms with E-state index in [1.807, 2.05) is 0 Å². The van der Waals surface area contributed by atoms with Crippen LogP contribution < -0.4 is 9.61 Å². The molecule has 1 amide bonds. The van der Waals surface area contributed by atoms with Crippen molar-refractivity contribution < 1.29 is 55.6 Å². The molecule has 4 rings (SSSR count). The van der Waals surface area contributed by atoms with Gasteiger partial charge in [-0.15, -0.1) is 0 Å². The van der Waals surface area contributed by atoms with Gasteiger partial charge in [0.05, 0.1) is 19.1 Å². The van der Waals surface area contributed by atoms with Crippen LogP contribution in [-0.4, -0.2) is 76.7 Å². The first-order chi connectivity index (χ1) is 20.1. The van der Waals surface area contributed by atoms with Gasteiger partial charge in [0.1, 0.15) is 11.8 Å². The molecular formula is C27H29F4N2O8PS. The largest absolute Gasteiger partial charge is 0.462 e. The fourth-order valence-corrected chi connectivity index (χ4v) is 6.87. The number of benzene rings is 2. The number of rotatable bonds is 11. The van der Waals surface area contributed by atoms with E-state index < -0.39 is 79.8 Å². The standard InChI is InChI=1S/C27H29F4N2O8PS/c1-15(2)39-24(37)16(3)32-42(43,41-20-10-6-8-17-7-4-5-9-19(17)20)38-14-26(25(28)29)27(30,31)22(36)23(40-26)33-12-11-18(34)13-21(33)35/h4-12,15-16,22-23,25,36H,13-14H2,1-3H3,(H,32,43)/t16-,22-,23+,26-,42?/m0/s1. The van der Waals surface area contributed by atoms with Gasteiger partial charge in [-0.1, -0.05) is 36.4 Å². The molecule has 10 nitrogen and oxygen atoms in total. The summed E-state index contributed by atoms with van der Waals surface area (Å²) < 4.78 is 82.0. The highest BCUT2D eigenvalue weighted by atomic mass is 32.5. The summed E-state index contributed by atoms with van der Waals surface area (Å²) in [4.78, 5) is 36.9. The lowest BCUT2D eigenvalue weighted by molar-refractivity contribution is -0.242. The molecule has 1 fully saturated rings. The van der Waals surface area contributed by atoms with Crippen LogP contribution in [0.1, 0.15) is 27.2 Å². The van der Waals surface area contributed by atoms with Crippen LogP contribution in [0.15, 0.2) is 54.7 Å². The number of alkyl halides is 4. The lowest BCUT2D eigenvalue weighted by Crippen LogP contribution is -2.57. The van der Waals surface area contributed by atoms with Crippen molar-refractivity contribution in [1.29, 1.82) is 0 Å². The molecule has 1 unspecified atom stereocenters. The number of hydrogen-bond donors (Lipinski definition) is 2. The maximum absolute atomic E-state index is 15.5. The predicted octanol–water partition coefficient (Wildman–Crippen LogP) is 4.06. The van der Waals surface area contributed by atoms with Gasteiger partial charge in [-0.05, 0) is 50.1 Å². The van der Waals surface area contributed by atoms with Gasteiger partial charge in [0.25, 0.3) is 6.43 Å². The number of ketones is 1. The molecule has 1 saturated heterocycles. The molecule has 0 spiro atoms. The van der Waals surface area contributed by atoms with E-state index >= 15 is 8.78 Å². The van der Waals surface area contributed by atoms with Crippen LogP contribution in [-0.2, 0) is 40.2 Å². The highest BCUT2D eigenvalue weighted by Crippen LogP contribution is 2.53. The number of amides is 1. The average Bonchev–Trinajstić information content (AvgIpc) is 3.13. The molecule has 234 valence electrons. The Morgan fingerprint density at radius 3 is 2.51 bits per heavy atom. The summed E-state index contributed by atoms with van der Waals surface area (Å²) >= 11 is 5.54. The molecule has 0 radical (unpaired) electrons. The first-order valence-electron chi connectivity index (χ1n) is 13.0. The number of ether oxygens (including phenoxy) is 2. The fraction of sp³-hybridized carbons (Fsp3) is 0.444. The Morgan fingerprint density at radius 1 is 1.19 bits per heavy atom. The van der Waals surface area contributed by atoms with E-state index in [0.29, 0.717) is 15.7 Å². The normalized spacial score (nSPS) is 25.8. The Bertz CT molecular complexity index is 1470. The van der Waals surface area contributed by atoms with Gasteiger partial charge < -0.3 is 23.6 Å². The third-order valence-electron chi connectivity index (χ3n) is 6.67. The van der Waals surface area contributed by atoms with Gasteiger partial charge in [-0.25, -0.2) is 13.9 Å². The Balaban J connectivity index is 1.69. The Morgan fingerprint density at radius 2 is 1.86 bits per heavy atom. The summed E-state index contributed by atoms with van der Waals surface area (Å²) in [6.07, 6.45) is -8.81. The summed E-state index contributed by atoms with van der Waals surface area (Å²) in [6.45, 7) is -1.28. The van der Waals surface area contributed by atoms with Gasteiger partial charge in [0, 0.05) is 11.6 Å². The monoisotopic (exact) mass is 648 g/mol. The lowest BCUT2D eigenvalue weighted by atomic mass is 9.95. The summed E-state index contributed by atoms with van der Waals surface area (Å²) in [5.41, 5.74) is -3.82. The third-order valence-corrected chi connectivity index (χ3v) is 9.14. The van der Waals surface area contributed by atoms with Crippen molar-refractivity contribution >= 4 is 46.9 Å². The Kier molecular flexibility index (Phi) is 9.64. The van der Waals surface area contributed by atoms with Crippen LogP contribution in [0.2, 0.25) is 0 Å². The van der Waals surface area contributed by atoms with Gasteiger partial charge in [0.15, 0.2) is 18.1 Å². The molecule has 2 aromatic rings. The van der Waals surface area contributed by atoms with Crippen molar-refractivity contribution in [2.24, 2.45) is 0 Å². The van der Waals surface area contributed by atoms with Crippen LogP contribution in [0.4, 0.5) is 17.6 Å². The van der Waals surface area contributed by atoms with E-state index in [2.05, 4.69) is 5.09 Å². The van der Waals surface area contributed by atoms with Crippen molar-refractivity contribution in [3.63, 3.8) is 0 Å². The molecule has 0 saturated carbocycles. The topological polar surface area (TPSA) is 124 Å². The molecule has 0 aliphatic carbocycles. The molecule has 43 heavy (non-hydrogen) atoms. The van der Waals surface area contributed by atoms with Gasteiger partial charge in [0.2, 0.25) is 11.5 Å². The number of halogens is 4. The van der Waals surface area contributed by atoms with Crippen LogP contribution in [0.5, 0.6) is 5.75 Å². The maximum Gasteiger partial charge on any atom is 0.323 e. The molecule has 2 heterocycles. The van der Waals surface area contributed by atoms with E-state index in [-0.39, 0.29) is 5.75 Å². The number of aliphatic hydroxyl groups is 1. The number of aliphatic hydroxyl groups excluding tert-OH is 1. The molecule has 2 aliphatic heterocycles. The second-order valence-corrected chi connectivity index (χ2v) is 13.3. The van der Waals surface area contributed by atoms with Crippen LogP contribution >= 0.6 is 6.64 Å². The van der Waals surface area contributed by atoms with Crippen molar-refractivity contribution in [1.82, 2.24) is 9.99 Å². The first kappa shape index (κ1) is 33.0. The first-order valence-corrected chi connectivity index (χ1v) is 15.7. The number of hydrogen-bond acceptors (Lipinski definition) is 9. The van der Waals surface area contributed by atoms with E-state index in [1.165, 1.54) is 13.0 Å². The van der Waals surface area contributed by atoms with Crippen molar-refractivity contribution in [3.05, 3.63) is 54.7 Å². The Hall–Kier alpha value is -2.94.